The quantitative estimate of drug-likeness (QED) is 0.252. The Kier molecular flexibility index (Phi) is 13.9. The summed E-state index contributed by atoms with van der Waals surface area (Å²) < 4.78 is 46.2. The van der Waals surface area contributed by atoms with Crippen LogP contribution in [0.2, 0.25) is 0 Å². The van der Waals surface area contributed by atoms with Crippen molar-refractivity contribution in [2.75, 3.05) is 14.1 Å². The lowest BCUT2D eigenvalue weighted by Gasteiger charge is -2.24. The molecule has 0 fully saturated rings. The number of aromatic nitrogens is 2. The summed E-state index contributed by atoms with van der Waals surface area (Å²) in [6, 6.07) is 2.21. The van der Waals surface area contributed by atoms with Crippen LogP contribution in [0.5, 0.6) is 0 Å². The number of hydrogen-bond donors (Lipinski definition) is 2. The molecule has 0 aliphatic heterocycles. The van der Waals surface area contributed by atoms with Gasteiger partial charge in [0.05, 0.1) is 22.2 Å². The molecule has 10 heteroatoms. The minimum absolute atomic E-state index is 0.0569. The molecule has 0 saturated heterocycles. The van der Waals surface area contributed by atoms with Crippen LogP contribution in [0, 0.1) is 22.6 Å². The summed E-state index contributed by atoms with van der Waals surface area (Å²) in [7, 11) is 4.27. The third-order valence-electron chi connectivity index (χ3n) is 4.18. The molecule has 1 aromatic carbocycles. The van der Waals surface area contributed by atoms with E-state index in [-0.39, 0.29) is 16.6 Å². The van der Waals surface area contributed by atoms with Crippen LogP contribution < -0.4 is 0 Å². The van der Waals surface area contributed by atoms with E-state index < -0.39 is 23.1 Å². The van der Waals surface area contributed by atoms with E-state index in [9.17, 15) is 4.39 Å². The number of nitrogens with one attached hydrogen (secondary N) is 2. The molecule has 0 aliphatic rings. The summed E-state index contributed by atoms with van der Waals surface area (Å²) >= 11 is 0. The molecule has 0 radical (unpaired) electrons. The number of allylic oxidation sites excluding steroid dienone is 4. The first-order valence-electron chi connectivity index (χ1n) is 11.6. The number of alkyl halides is 2. The summed E-state index contributed by atoms with van der Waals surface area (Å²) in [5.41, 5.74) is 0.00970. The minimum atomic E-state index is -3.95. The molecule has 0 amide bonds. The summed E-state index contributed by atoms with van der Waals surface area (Å²) in [6.07, 6.45) is 8.22. The van der Waals surface area contributed by atoms with Gasteiger partial charge < -0.3 is 5.41 Å². The lowest BCUT2D eigenvalue weighted by atomic mass is 10.0. The van der Waals surface area contributed by atoms with Crippen molar-refractivity contribution >= 4 is 34.9 Å². The van der Waals surface area contributed by atoms with Crippen molar-refractivity contribution in [1.82, 2.24) is 14.8 Å². The van der Waals surface area contributed by atoms with Crippen molar-refractivity contribution in [3.63, 3.8) is 0 Å². The normalized spacial score (nSPS) is 12.5. The van der Waals surface area contributed by atoms with E-state index in [2.05, 4.69) is 36.0 Å². The molecule has 0 saturated carbocycles. The number of hydrogen-bond acceptors (Lipinski definition) is 5. The topological polar surface area (TPSA) is 93.5 Å². The molecule has 2 aromatic rings. The predicted molar refractivity (Wildman–Crippen MR) is 145 cm³/mol. The van der Waals surface area contributed by atoms with Crippen molar-refractivity contribution in [2.45, 2.75) is 47.5 Å². The zero-order valence-electron chi connectivity index (χ0n) is 22.6. The van der Waals surface area contributed by atoms with Gasteiger partial charge in [-0.25, -0.2) is 9.40 Å². The number of aryl methyl sites for hydroxylation is 1. The van der Waals surface area contributed by atoms with Gasteiger partial charge in [-0.2, -0.15) is 19.0 Å². The largest absolute Gasteiger partial charge is 0.333 e. The van der Waals surface area contributed by atoms with Crippen molar-refractivity contribution < 1.29 is 13.2 Å². The predicted octanol–water partition coefficient (Wildman–Crippen LogP) is 6.61. The maximum atomic E-state index is 15.0. The van der Waals surface area contributed by atoms with Crippen molar-refractivity contribution in [1.29, 1.82) is 10.8 Å². The average molecular weight is 506 g/mol. The first-order chi connectivity index (χ1) is 16.9. The molecule has 1 aromatic heterocycles. The van der Waals surface area contributed by atoms with E-state index in [1.165, 1.54) is 42.4 Å². The van der Waals surface area contributed by atoms with Crippen molar-refractivity contribution in [3.8, 4) is 0 Å². The van der Waals surface area contributed by atoms with E-state index in [1.807, 2.05) is 13.8 Å². The second kappa shape index (κ2) is 15.4. The van der Waals surface area contributed by atoms with Crippen LogP contribution >= 0.6 is 0 Å². The van der Waals surface area contributed by atoms with Crippen LogP contribution in [-0.4, -0.2) is 52.9 Å². The highest BCUT2D eigenvalue weighted by molar-refractivity contribution is 6.22. The molecule has 0 unspecified atom stereocenters. The van der Waals surface area contributed by atoms with E-state index in [0.29, 0.717) is 10.6 Å². The van der Waals surface area contributed by atoms with Gasteiger partial charge >= 0.3 is 5.92 Å². The third kappa shape index (κ3) is 8.90. The highest BCUT2D eigenvalue weighted by atomic mass is 19.3. The van der Waals surface area contributed by atoms with E-state index >= 15 is 8.78 Å². The number of hydrazone groups is 1. The molecule has 0 atom stereocenters. The fourth-order valence-corrected chi connectivity index (χ4v) is 2.72. The highest BCUT2D eigenvalue weighted by Crippen LogP contribution is 2.35. The molecular weight excluding hydrogens is 467 g/mol. The van der Waals surface area contributed by atoms with Crippen LogP contribution in [0.3, 0.4) is 0 Å². The van der Waals surface area contributed by atoms with Gasteiger partial charge in [-0.1, -0.05) is 40.7 Å². The van der Waals surface area contributed by atoms with Gasteiger partial charge in [0.1, 0.15) is 5.82 Å². The van der Waals surface area contributed by atoms with Crippen molar-refractivity contribution in [3.05, 3.63) is 53.5 Å². The Balaban J connectivity index is 0.00000185. The first kappa shape index (κ1) is 32.4. The van der Waals surface area contributed by atoms with Crippen LogP contribution in [0.15, 0.2) is 52.2 Å². The van der Waals surface area contributed by atoms with Gasteiger partial charge in [0, 0.05) is 45.3 Å². The molecule has 0 bridgehead atoms. The second-order valence-corrected chi connectivity index (χ2v) is 7.98. The fraction of sp³-hybridized carbons (Fsp3) is 0.423. The Bertz CT molecular complexity index is 1120. The van der Waals surface area contributed by atoms with Crippen LogP contribution in [0.1, 0.15) is 47.1 Å². The van der Waals surface area contributed by atoms with Crippen LogP contribution in [0.25, 0.3) is 10.9 Å². The number of rotatable bonds is 7. The number of likely N-dealkylation sites (N-methyl/N-ethyl adjacent to an activating group) is 1. The molecule has 198 valence electrons. The lowest BCUT2D eigenvalue weighted by molar-refractivity contribution is 0.0572. The number of nitrogens with zero attached hydrogens (tertiary/aromatic N) is 5. The summed E-state index contributed by atoms with van der Waals surface area (Å²) in [6.45, 7) is 12.2. The maximum absolute atomic E-state index is 15.0. The fourth-order valence-electron chi connectivity index (χ4n) is 2.72. The molecule has 0 spiro atoms. The van der Waals surface area contributed by atoms with Crippen LogP contribution in [0.4, 0.5) is 13.2 Å². The molecule has 2 rings (SSSR count). The summed E-state index contributed by atoms with van der Waals surface area (Å²) in [5.74, 6) is -5.46. The molecule has 1 heterocycles. The van der Waals surface area contributed by atoms with Gasteiger partial charge in [0.2, 0.25) is 0 Å². The molecular formula is C26H38F3N7. The number of halogens is 3. The highest BCUT2D eigenvalue weighted by Gasteiger charge is 2.43. The zero-order valence-corrected chi connectivity index (χ0v) is 22.6. The van der Waals surface area contributed by atoms with E-state index in [1.54, 1.807) is 27.1 Å². The van der Waals surface area contributed by atoms with Gasteiger partial charge in [-0.3, -0.25) is 15.1 Å². The second-order valence-electron chi connectivity index (χ2n) is 7.98. The third-order valence-corrected chi connectivity index (χ3v) is 4.18. The average Bonchev–Trinajstić information content (AvgIpc) is 3.22. The van der Waals surface area contributed by atoms with Crippen LogP contribution in [-0.2, 0) is 13.0 Å². The number of benzene rings is 1. The van der Waals surface area contributed by atoms with E-state index in [4.69, 9.17) is 10.8 Å². The Hall–Kier alpha value is -3.56. The SMILES string of the molecule is C/C=C(C=NC)/C(/C=C\C=N)=N/N(C)C(=N)C(F)(F)c1ccc2nn(C)cc2c1F.CC.CC(C)C. The number of amidine groups is 1. The van der Waals surface area contributed by atoms with Gasteiger partial charge in [0.25, 0.3) is 0 Å². The van der Waals surface area contributed by atoms with Crippen molar-refractivity contribution in [2.24, 2.45) is 23.1 Å². The maximum Gasteiger partial charge on any atom is 0.333 e. The standard InChI is InChI=1S/C20H22F3N7.C4H10.C2H6/c1-5-13(11-26-2)16(7-6-10-24)28-30(4)19(25)20(22,23)15-8-9-17-14(18(15)21)12-29(3)27-17;1-4(2)3;1-2/h5-12,24-25H,1-4H3;4H,1-3H3;1-2H3/b7-6-,13-5+,24-10?,25-19?,26-11?,28-16+;;. The Morgan fingerprint density at radius 1 is 1.22 bits per heavy atom. The smallest absolute Gasteiger partial charge is 0.309 e. The summed E-state index contributed by atoms with van der Waals surface area (Å²) in [4.78, 5) is 3.88. The monoisotopic (exact) mass is 505 g/mol. The van der Waals surface area contributed by atoms with E-state index in [0.717, 1.165) is 18.2 Å². The lowest BCUT2D eigenvalue weighted by Crippen LogP contribution is -2.37. The summed E-state index contributed by atoms with van der Waals surface area (Å²) in [5, 5.41) is 23.8. The van der Waals surface area contributed by atoms with Gasteiger partial charge in [-0.05, 0) is 37.1 Å². The molecule has 36 heavy (non-hydrogen) atoms. The molecule has 0 aliphatic carbocycles. The van der Waals surface area contributed by atoms with Gasteiger partial charge in [0.15, 0.2) is 5.84 Å². The first-order valence-corrected chi connectivity index (χ1v) is 11.6. The Morgan fingerprint density at radius 2 is 1.81 bits per heavy atom. The Labute approximate surface area is 212 Å². The number of aliphatic imine (C=N–C) groups is 1. The Morgan fingerprint density at radius 3 is 2.31 bits per heavy atom. The molecule has 7 nitrogen and oxygen atoms in total. The minimum Gasteiger partial charge on any atom is -0.309 e. The molecule has 2 N–H and O–H groups in total. The zero-order chi connectivity index (χ0) is 28.1. The van der Waals surface area contributed by atoms with Gasteiger partial charge in [-0.15, -0.1) is 0 Å². The number of fused-ring (bicyclic) bond motifs is 1.